The molecular formula is C16H21FN2. The van der Waals surface area contributed by atoms with Crippen LogP contribution in [0.4, 0.5) is 4.39 Å². The molecule has 1 aromatic heterocycles. The quantitative estimate of drug-likeness (QED) is 0.879. The molecule has 1 saturated carbocycles. The highest BCUT2D eigenvalue weighted by molar-refractivity contribution is 5.81. The second-order valence-electron chi connectivity index (χ2n) is 5.81. The van der Waals surface area contributed by atoms with Crippen molar-refractivity contribution in [1.29, 1.82) is 0 Å². The summed E-state index contributed by atoms with van der Waals surface area (Å²) in [6.07, 6.45) is 3.92. The number of fused-ring (bicyclic) bond motifs is 1. The van der Waals surface area contributed by atoms with E-state index < -0.39 is 0 Å². The van der Waals surface area contributed by atoms with Crippen LogP contribution in [-0.2, 0) is 6.54 Å². The van der Waals surface area contributed by atoms with E-state index >= 15 is 0 Å². The summed E-state index contributed by atoms with van der Waals surface area (Å²) in [5, 5.41) is 4.72. The maximum Gasteiger partial charge on any atom is 0.125 e. The SMILES string of the molecule is CC(C)n1c(CNC2CCC2)cc2ccc(F)cc21. The summed E-state index contributed by atoms with van der Waals surface area (Å²) in [5.41, 5.74) is 2.25. The van der Waals surface area contributed by atoms with Crippen LogP contribution in [0, 0.1) is 5.82 Å². The average Bonchev–Trinajstić information content (AvgIpc) is 2.64. The van der Waals surface area contributed by atoms with Gasteiger partial charge in [0.25, 0.3) is 0 Å². The molecule has 0 radical (unpaired) electrons. The van der Waals surface area contributed by atoms with Gasteiger partial charge < -0.3 is 9.88 Å². The smallest absolute Gasteiger partial charge is 0.125 e. The second kappa shape index (κ2) is 4.97. The molecule has 0 bridgehead atoms. The molecule has 1 aliphatic carbocycles. The first-order valence-electron chi connectivity index (χ1n) is 7.18. The Morgan fingerprint density at radius 3 is 2.74 bits per heavy atom. The Morgan fingerprint density at radius 2 is 2.11 bits per heavy atom. The summed E-state index contributed by atoms with van der Waals surface area (Å²) < 4.78 is 15.7. The topological polar surface area (TPSA) is 17.0 Å². The minimum absolute atomic E-state index is 0.161. The molecule has 2 aromatic rings. The molecule has 1 aromatic carbocycles. The summed E-state index contributed by atoms with van der Waals surface area (Å²) in [5.74, 6) is -0.161. The van der Waals surface area contributed by atoms with Gasteiger partial charge >= 0.3 is 0 Å². The first-order valence-corrected chi connectivity index (χ1v) is 7.18. The number of benzene rings is 1. The molecule has 0 unspecified atom stereocenters. The van der Waals surface area contributed by atoms with Crippen LogP contribution >= 0.6 is 0 Å². The van der Waals surface area contributed by atoms with E-state index in [4.69, 9.17) is 0 Å². The van der Waals surface area contributed by atoms with Crippen molar-refractivity contribution in [3.8, 4) is 0 Å². The lowest BCUT2D eigenvalue weighted by Gasteiger charge is -2.27. The van der Waals surface area contributed by atoms with E-state index in [1.54, 1.807) is 6.07 Å². The number of nitrogens with zero attached hydrogens (tertiary/aromatic N) is 1. The van der Waals surface area contributed by atoms with E-state index in [9.17, 15) is 4.39 Å². The van der Waals surface area contributed by atoms with Crippen LogP contribution in [0.1, 0.15) is 44.8 Å². The van der Waals surface area contributed by atoms with Crippen molar-refractivity contribution in [1.82, 2.24) is 9.88 Å². The molecule has 0 amide bonds. The highest BCUT2D eigenvalue weighted by Crippen LogP contribution is 2.26. The molecule has 0 spiro atoms. The Balaban J connectivity index is 1.94. The Hall–Kier alpha value is -1.35. The van der Waals surface area contributed by atoms with Gasteiger partial charge in [-0.1, -0.05) is 6.42 Å². The van der Waals surface area contributed by atoms with E-state index in [1.807, 2.05) is 6.07 Å². The number of halogens is 1. The number of rotatable bonds is 4. The van der Waals surface area contributed by atoms with Crippen LogP contribution < -0.4 is 5.32 Å². The molecule has 3 rings (SSSR count). The van der Waals surface area contributed by atoms with Gasteiger partial charge in [0.2, 0.25) is 0 Å². The van der Waals surface area contributed by atoms with Crippen molar-refractivity contribution in [2.24, 2.45) is 0 Å². The Morgan fingerprint density at radius 1 is 1.32 bits per heavy atom. The summed E-state index contributed by atoms with van der Waals surface area (Å²) >= 11 is 0. The molecule has 1 N–H and O–H groups in total. The summed E-state index contributed by atoms with van der Waals surface area (Å²) in [4.78, 5) is 0. The maximum atomic E-state index is 13.4. The lowest BCUT2D eigenvalue weighted by atomic mass is 9.93. The first kappa shape index (κ1) is 12.7. The molecule has 102 valence electrons. The number of nitrogens with one attached hydrogen (secondary N) is 1. The average molecular weight is 260 g/mol. The van der Waals surface area contributed by atoms with Crippen molar-refractivity contribution >= 4 is 10.9 Å². The molecule has 0 aliphatic heterocycles. The monoisotopic (exact) mass is 260 g/mol. The standard InChI is InChI=1S/C16H21FN2/c1-11(2)19-15(10-18-14-4-3-5-14)8-12-6-7-13(17)9-16(12)19/h6-9,11,14,18H,3-5,10H2,1-2H3. The second-order valence-corrected chi connectivity index (χ2v) is 5.81. The fraction of sp³-hybridized carbons (Fsp3) is 0.500. The van der Waals surface area contributed by atoms with E-state index in [1.165, 1.54) is 31.0 Å². The molecule has 19 heavy (non-hydrogen) atoms. The lowest BCUT2D eigenvalue weighted by molar-refractivity contribution is 0.334. The Kier molecular flexibility index (Phi) is 3.31. The van der Waals surface area contributed by atoms with Gasteiger partial charge in [0.1, 0.15) is 5.82 Å². The van der Waals surface area contributed by atoms with Gasteiger partial charge in [-0.05, 0) is 51.0 Å². The molecule has 0 atom stereocenters. The molecule has 1 heterocycles. The van der Waals surface area contributed by atoms with Crippen LogP contribution in [0.3, 0.4) is 0 Å². The van der Waals surface area contributed by atoms with Crippen LogP contribution in [0.2, 0.25) is 0 Å². The minimum atomic E-state index is -0.161. The maximum absolute atomic E-state index is 13.4. The Bertz CT molecular complexity index is 582. The third kappa shape index (κ3) is 2.39. The summed E-state index contributed by atoms with van der Waals surface area (Å²) in [6.45, 7) is 5.17. The lowest BCUT2D eigenvalue weighted by Crippen LogP contribution is -2.35. The fourth-order valence-electron chi connectivity index (χ4n) is 2.86. The van der Waals surface area contributed by atoms with Crippen molar-refractivity contribution in [2.45, 2.75) is 51.7 Å². The van der Waals surface area contributed by atoms with Crippen molar-refractivity contribution in [3.63, 3.8) is 0 Å². The van der Waals surface area contributed by atoms with E-state index in [0.29, 0.717) is 12.1 Å². The molecule has 1 fully saturated rings. The van der Waals surface area contributed by atoms with Crippen molar-refractivity contribution < 1.29 is 4.39 Å². The highest BCUT2D eigenvalue weighted by atomic mass is 19.1. The number of hydrogen-bond acceptors (Lipinski definition) is 1. The van der Waals surface area contributed by atoms with Crippen LogP contribution in [0.25, 0.3) is 10.9 Å². The molecule has 3 heteroatoms. The molecule has 1 aliphatic rings. The van der Waals surface area contributed by atoms with E-state index in [2.05, 4.69) is 29.8 Å². The number of aromatic nitrogens is 1. The molecule has 0 saturated heterocycles. The largest absolute Gasteiger partial charge is 0.341 e. The third-order valence-electron chi connectivity index (χ3n) is 4.08. The minimum Gasteiger partial charge on any atom is -0.341 e. The zero-order chi connectivity index (χ0) is 13.4. The van der Waals surface area contributed by atoms with Crippen molar-refractivity contribution in [3.05, 3.63) is 35.8 Å². The first-order chi connectivity index (χ1) is 9.15. The van der Waals surface area contributed by atoms with Gasteiger partial charge in [0.05, 0.1) is 5.52 Å². The van der Waals surface area contributed by atoms with Crippen LogP contribution in [0.5, 0.6) is 0 Å². The predicted molar refractivity (Wildman–Crippen MR) is 76.8 cm³/mol. The molecule has 2 nitrogen and oxygen atoms in total. The highest BCUT2D eigenvalue weighted by Gasteiger charge is 2.18. The number of hydrogen-bond donors (Lipinski definition) is 1. The summed E-state index contributed by atoms with van der Waals surface area (Å²) in [6, 6.07) is 8.25. The molecular weight excluding hydrogens is 239 g/mol. The van der Waals surface area contributed by atoms with Gasteiger partial charge in [0, 0.05) is 29.7 Å². The van der Waals surface area contributed by atoms with E-state index in [-0.39, 0.29) is 5.82 Å². The van der Waals surface area contributed by atoms with Gasteiger partial charge in [-0.25, -0.2) is 4.39 Å². The van der Waals surface area contributed by atoms with Crippen molar-refractivity contribution in [2.75, 3.05) is 0 Å². The predicted octanol–water partition coefficient (Wildman–Crippen LogP) is 4.00. The zero-order valence-electron chi connectivity index (χ0n) is 11.6. The van der Waals surface area contributed by atoms with Gasteiger partial charge in [-0.2, -0.15) is 0 Å². The fourth-order valence-corrected chi connectivity index (χ4v) is 2.86. The van der Waals surface area contributed by atoms with Gasteiger partial charge in [-0.15, -0.1) is 0 Å². The zero-order valence-corrected chi connectivity index (χ0v) is 11.6. The van der Waals surface area contributed by atoms with Gasteiger partial charge in [0.15, 0.2) is 0 Å². The normalized spacial score (nSPS) is 16.2. The Labute approximate surface area is 113 Å². The third-order valence-corrected chi connectivity index (χ3v) is 4.08. The van der Waals surface area contributed by atoms with Crippen LogP contribution in [-0.4, -0.2) is 10.6 Å². The van der Waals surface area contributed by atoms with Crippen LogP contribution in [0.15, 0.2) is 24.3 Å². The van der Waals surface area contributed by atoms with E-state index in [0.717, 1.165) is 17.4 Å². The van der Waals surface area contributed by atoms with Gasteiger partial charge in [-0.3, -0.25) is 0 Å². The summed E-state index contributed by atoms with van der Waals surface area (Å²) in [7, 11) is 0.